The summed E-state index contributed by atoms with van der Waals surface area (Å²) in [5.41, 5.74) is 0.833. The summed E-state index contributed by atoms with van der Waals surface area (Å²) in [5, 5.41) is 2.67. The number of halogens is 6. The van der Waals surface area contributed by atoms with Gasteiger partial charge in [-0.2, -0.15) is 0 Å². The first-order valence-corrected chi connectivity index (χ1v) is 10.6. The summed E-state index contributed by atoms with van der Waals surface area (Å²) in [6.45, 7) is 2.14. The van der Waals surface area contributed by atoms with Crippen LogP contribution in [0.4, 0.5) is 26.3 Å². The second-order valence-electron chi connectivity index (χ2n) is 7.92. The van der Waals surface area contributed by atoms with E-state index in [-0.39, 0.29) is 16.5 Å². The van der Waals surface area contributed by atoms with Crippen LogP contribution in [0.2, 0.25) is 0 Å². The zero-order chi connectivity index (χ0) is 23.8. The van der Waals surface area contributed by atoms with E-state index in [4.69, 9.17) is 0 Å². The Hall–Kier alpha value is -3.22. The van der Waals surface area contributed by atoms with Crippen LogP contribution in [0.25, 0.3) is 32.7 Å². The van der Waals surface area contributed by atoms with Crippen LogP contribution >= 0.6 is 0 Å². The van der Waals surface area contributed by atoms with Crippen molar-refractivity contribution in [3.63, 3.8) is 0 Å². The van der Waals surface area contributed by atoms with Crippen LogP contribution in [0.5, 0.6) is 5.75 Å². The van der Waals surface area contributed by atoms with Gasteiger partial charge in [0.25, 0.3) is 0 Å². The molecule has 0 aliphatic carbocycles. The molecule has 0 N–H and O–H groups in total. The molecule has 0 saturated carbocycles. The molecule has 0 aromatic heterocycles. The zero-order valence-corrected chi connectivity index (χ0v) is 17.7. The van der Waals surface area contributed by atoms with Crippen LogP contribution < -0.4 is 4.74 Å². The first-order valence-electron chi connectivity index (χ1n) is 10.6. The van der Waals surface area contributed by atoms with Gasteiger partial charge in [0.1, 0.15) is 5.82 Å². The fourth-order valence-corrected chi connectivity index (χ4v) is 4.05. The summed E-state index contributed by atoms with van der Waals surface area (Å²) >= 11 is 0. The molecule has 7 heteroatoms. The second-order valence-corrected chi connectivity index (χ2v) is 7.92. The standard InChI is InChI=1S/C26H20F6O/c1-2-3-4-5-15-6-8-18-16(12-15)7-9-21-20(18)11-10-19(24(21)29)17-13-22(27)25(23(28)14-17)33-26(30,31)32/h6-14H,2-5H2,1H3. The van der Waals surface area contributed by atoms with Crippen molar-refractivity contribution < 1.29 is 31.1 Å². The van der Waals surface area contributed by atoms with E-state index in [1.807, 2.05) is 12.1 Å². The number of fused-ring (bicyclic) bond motifs is 3. The predicted octanol–water partition coefficient (Wildman–Crippen LogP) is 8.71. The molecule has 4 aromatic rings. The second kappa shape index (κ2) is 8.96. The summed E-state index contributed by atoms with van der Waals surface area (Å²) in [7, 11) is 0. The van der Waals surface area contributed by atoms with Crippen molar-refractivity contribution in [3.8, 4) is 16.9 Å². The summed E-state index contributed by atoms with van der Waals surface area (Å²) < 4.78 is 84.2. The van der Waals surface area contributed by atoms with E-state index < -0.39 is 29.6 Å². The molecule has 0 fully saturated rings. The van der Waals surface area contributed by atoms with Gasteiger partial charge in [0.15, 0.2) is 11.6 Å². The summed E-state index contributed by atoms with van der Waals surface area (Å²) in [6.07, 6.45) is -0.929. The minimum atomic E-state index is -5.26. The molecule has 0 spiro atoms. The molecule has 0 atom stereocenters. The van der Waals surface area contributed by atoms with Crippen LogP contribution in [-0.2, 0) is 6.42 Å². The molecule has 172 valence electrons. The van der Waals surface area contributed by atoms with E-state index in [2.05, 4.69) is 17.7 Å². The third-order valence-corrected chi connectivity index (χ3v) is 5.61. The Morgan fingerprint density at radius 2 is 1.42 bits per heavy atom. The van der Waals surface area contributed by atoms with Crippen molar-refractivity contribution in [2.45, 2.75) is 39.0 Å². The maximum absolute atomic E-state index is 15.3. The van der Waals surface area contributed by atoms with Crippen molar-refractivity contribution in [3.05, 3.63) is 77.6 Å². The number of aryl methyl sites for hydroxylation is 1. The van der Waals surface area contributed by atoms with Crippen LogP contribution in [-0.4, -0.2) is 6.36 Å². The van der Waals surface area contributed by atoms with Gasteiger partial charge in [-0.3, -0.25) is 0 Å². The highest BCUT2D eigenvalue weighted by molar-refractivity contribution is 6.08. The summed E-state index contributed by atoms with van der Waals surface area (Å²) in [4.78, 5) is 0. The highest BCUT2D eigenvalue weighted by atomic mass is 19.4. The van der Waals surface area contributed by atoms with Gasteiger partial charge in [0.2, 0.25) is 5.75 Å². The maximum Gasteiger partial charge on any atom is 0.573 e. The number of alkyl halides is 3. The van der Waals surface area contributed by atoms with Crippen molar-refractivity contribution in [2.75, 3.05) is 0 Å². The highest BCUT2D eigenvalue weighted by Crippen LogP contribution is 2.37. The average Bonchev–Trinajstić information content (AvgIpc) is 2.75. The van der Waals surface area contributed by atoms with Crippen molar-refractivity contribution in [1.82, 2.24) is 0 Å². The van der Waals surface area contributed by atoms with Gasteiger partial charge in [0, 0.05) is 10.9 Å². The van der Waals surface area contributed by atoms with Crippen LogP contribution in [0.3, 0.4) is 0 Å². The number of ether oxygens (including phenoxy) is 1. The minimum Gasteiger partial charge on any atom is -0.399 e. The molecule has 4 rings (SSSR count). The lowest BCUT2D eigenvalue weighted by molar-refractivity contribution is -0.276. The quantitative estimate of drug-likeness (QED) is 0.158. The van der Waals surface area contributed by atoms with E-state index in [0.717, 1.165) is 36.5 Å². The third kappa shape index (κ3) is 4.77. The Balaban J connectivity index is 1.75. The lowest BCUT2D eigenvalue weighted by Gasteiger charge is -2.13. The molecule has 0 heterocycles. The molecule has 0 aliphatic rings. The number of rotatable bonds is 6. The Labute approximate surface area is 186 Å². The Bertz CT molecular complexity index is 1300. The smallest absolute Gasteiger partial charge is 0.399 e. The normalized spacial score (nSPS) is 12.0. The molecule has 0 amide bonds. The highest BCUT2D eigenvalue weighted by Gasteiger charge is 2.34. The fourth-order valence-electron chi connectivity index (χ4n) is 4.05. The lowest BCUT2D eigenvalue weighted by Crippen LogP contribution is -2.19. The van der Waals surface area contributed by atoms with Crippen molar-refractivity contribution in [2.24, 2.45) is 0 Å². The van der Waals surface area contributed by atoms with Gasteiger partial charge in [-0.25, -0.2) is 13.2 Å². The maximum atomic E-state index is 15.3. The van der Waals surface area contributed by atoms with Crippen LogP contribution in [0.1, 0.15) is 31.7 Å². The van der Waals surface area contributed by atoms with E-state index in [1.54, 1.807) is 18.2 Å². The number of hydrogen-bond acceptors (Lipinski definition) is 1. The number of hydrogen-bond donors (Lipinski definition) is 0. The van der Waals surface area contributed by atoms with Crippen molar-refractivity contribution >= 4 is 21.5 Å². The van der Waals surface area contributed by atoms with E-state index >= 15 is 4.39 Å². The average molecular weight is 462 g/mol. The summed E-state index contributed by atoms with van der Waals surface area (Å²) in [5.74, 6) is -5.44. The predicted molar refractivity (Wildman–Crippen MR) is 117 cm³/mol. The zero-order valence-electron chi connectivity index (χ0n) is 17.7. The van der Waals surface area contributed by atoms with Gasteiger partial charge < -0.3 is 4.74 Å². The molecule has 4 aromatic carbocycles. The lowest BCUT2D eigenvalue weighted by atomic mass is 9.95. The first-order chi connectivity index (χ1) is 15.7. The van der Waals surface area contributed by atoms with Gasteiger partial charge in [-0.1, -0.05) is 62.2 Å². The number of unbranched alkanes of at least 4 members (excludes halogenated alkanes) is 2. The molecule has 0 radical (unpaired) electrons. The van der Waals surface area contributed by atoms with Gasteiger partial charge in [-0.05, 0) is 52.3 Å². The van der Waals surface area contributed by atoms with Crippen LogP contribution in [0.15, 0.2) is 54.6 Å². The van der Waals surface area contributed by atoms with E-state index in [9.17, 15) is 22.0 Å². The number of benzene rings is 4. The minimum absolute atomic E-state index is 0.130. The van der Waals surface area contributed by atoms with Crippen LogP contribution in [0, 0.1) is 17.5 Å². The molecule has 0 aliphatic heterocycles. The first kappa shape index (κ1) is 23.0. The van der Waals surface area contributed by atoms with E-state index in [1.165, 1.54) is 11.6 Å². The van der Waals surface area contributed by atoms with E-state index in [0.29, 0.717) is 17.5 Å². The molecule has 0 bridgehead atoms. The van der Waals surface area contributed by atoms with Gasteiger partial charge in [0.05, 0.1) is 0 Å². The Kier molecular flexibility index (Phi) is 6.23. The molecular formula is C26H20F6O. The van der Waals surface area contributed by atoms with Gasteiger partial charge >= 0.3 is 6.36 Å². The molecular weight excluding hydrogens is 442 g/mol. The summed E-state index contributed by atoms with van der Waals surface area (Å²) in [6, 6.07) is 13.6. The van der Waals surface area contributed by atoms with Gasteiger partial charge in [-0.15, -0.1) is 13.2 Å². The largest absolute Gasteiger partial charge is 0.573 e. The van der Waals surface area contributed by atoms with Crippen molar-refractivity contribution in [1.29, 1.82) is 0 Å². The Morgan fingerprint density at radius 3 is 2.09 bits per heavy atom. The monoisotopic (exact) mass is 462 g/mol. The third-order valence-electron chi connectivity index (χ3n) is 5.61. The molecule has 33 heavy (non-hydrogen) atoms. The molecule has 0 saturated heterocycles. The SMILES string of the molecule is CCCCCc1ccc2c(ccc3c(F)c(-c4cc(F)c(OC(F)(F)F)c(F)c4)ccc32)c1. The fraction of sp³-hybridized carbons (Fsp3) is 0.231. The molecule has 1 nitrogen and oxygen atoms in total. The Morgan fingerprint density at radius 1 is 0.758 bits per heavy atom. The molecule has 0 unspecified atom stereocenters. The topological polar surface area (TPSA) is 9.23 Å².